The van der Waals surface area contributed by atoms with E-state index in [9.17, 15) is 9.59 Å². The molecule has 1 atom stereocenters. The molecule has 1 aromatic carbocycles. The quantitative estimate of drug-likeness (QED) is 0.237. The van der Waals surface area contributed by atoms with Gasteiger partial charge in [0.25, 0.3) is 0 Å². The van der Waals surface area contributed by atoms with Crippen molar-refractivity contribution in [1.29, 1.82) is 0 Å². The summed E-state index contributed by atoms with van der Waals surface area (Å²) < 4.78 is 24.2. The van der Waals surface area contributed by atoms with Crippen molar-refractivity contribution in [1.82, 2.24) is 0 Å². The van der Waals surface area contributed by atoms with Gasteiger partial charge in [-0.15, -0.1) is 0 Å². The van der Waals surface area contributed by atoms with Crippen LogP contribution in [0.15, 0.2) is 47.7 Å². The van der Waals surface area contributed by atoms with Gasteiger partial charge in [-0.25, -0.2) is 0 Å². The summed E-state index contributed by atoms with van der Waals surface area (Å²) in [4.78, 5) is 21.7. The van der Waals surface area contributed by atoms with Crippen molar-refractivity contribution in [2.24, 2.45) is 16.2 Å². The third kappa shape index (κ3) is 10.7. The van der Waals surface area contributed by atoms with Gasteiger partial charge in [0.1, 0.15) is 18.3 Å². The summed E-state index contributed by atoms with van der Waals surface area (Å²) >= 11 is 0. The molecule has 1 aromatic rings. The maximum Gasteiger partial charge on any atom is 0.150 e. The van der Waals surface area contributed by atoms with Gasteiger partial charge in [0.05, 0.1) is 45.4 Å². The molecule has 0 saturated heterocycles. The van der Waals surface area contributed by atoms with E-state index in [2.05, 4.69) is 41.5 Å². The van der Waals surface area contributed by atoms with Crippen LogP contribution in [0.3, 0.4) is 0 Å². The molecule has 0 bridgehead atoms. The van der Waals surface area contributed by atoms with Gasteiger partial charge < -0.3 is 18.9 Å². The molecule has 36 heavy (non-hydrogen) atoms. The van der Waals surface area contributed by atoms with Crippen molar-refractivity contribution in [3.63, 3.8) is 0 Å². The van der Waals surface area contributed by atoms with Gasteiger partial charge in [-0.3, -0.25) is 9.59 Å². The van der Waals surface area contributed by atoms with E-state index in [1.54, 1.807) is 12.1 Å². The fourth-order valence-corrected chi connectivity index (χ4v) is 3.55. The highest BCUT2D eigenvalue weighted by Crippen LogP contribution is 2.27. The second-order valence-electron chi connectivity index (χ2n) is 11.7. The Labute approximate surface area is 217 Å². The SMILES string of the molecule is CCC(C)(COCC(C)(C)COCC(C)(C)COC1=CC=C(C=O)CC1)COc1ccc(C=O)cc1. The van der Waals surface area contributed by atoms with E-state index < -0.39 is 0 Å². The summed E-state index contributed by atoms with van der Waals surface area (Å²) in [6, 6.07) is 7.15. The van der Waals surface area contributed by atoms with E-state index in [0.29, 0.717) is 45.2 Å². The van der Waals surface area contributed by atoms with Gasteiger partial charge >= 0.3 is 0 Å². The highest BCUT2D eigenvalue weighted by Gasteiger charge is 2.27. The first-order chi connectivity index (χ1) is 17.0. The van der Waals surface area contributed by atoms with Crippen LogP contribution in [0.1, 0.15) is 71.2 Å². The van der Waals surface area contributed by atoms with Crippen molar-refractivity contribution in [3.05, 3.63) is 53.3 Å². The first-order valence-corrected chi connectivity index (χ1v) is 12.8. The van der Waals surface area contributed by atoms with Gasteiger partial charge in [-0.2, -0.15) is 0 Å². The summed E-state index contributed by atoms with van der Waals surface area (Å²) in [5, 5.41) is 0. The Hall–Kier alpha value is -2.44. The zero-order chi connectivity index (χ0) is 26.7. The molecule has 0 fully saturated rings. The van der Waals surface area contributed by atoms with Crippen LogP contribution in [0, 0.1) is 16.2 Å². The number of hydrogen-bond donors (Lipinski definition) is 0. The van der Waals surface area contributed by atoms with E-state index in [0.717, 1.165) is 48.9 Å². The summed E-state index contributed by atoms with van der Waals surface area (Å²) in [5.74, 6) is 1.67. The summed E-state index contributed by atoms with van der Waals surface area (Å²) in [6.45, 7) is 16.3. The average Bonchev–Trinajstić information content (AvgIpc) is 2.86. The van der Waals surface area contributed by atoms with Crippen LogP contribution in [0.4, 0.5) is 0 Å². The van der Waals surface area contributed by atoms with Gasteiger partial charge in [0.15, 0.2) is 0 Å². The highest BCUT2D eigenvalue weighted by atomic mass is 16.5. The second kappa shape index (κ2) is 13.8. The standard InChI is InChI=1S/C30H44O6/c1-7-30(6,23-36-27-14-10-25(17-32)11-15-27)22-34-19-28(2,3)18-33-20-29(4,5)21-35-26-12-8-24(16-31)9-13-26/h8,10-12,14-17H,7,9,13,18-23H2,1-6H3. The molecule has 0 radical (unpaired) electrons. The van der Waals surface area contributed by atoms with Crippen molar-refractivity contribution in [2.45, 2.75) is 60.8 Å². The van der Waals surface area contributed by atoms with Crippen LogP contribution in [0.5, 0.6) is 5.75 Å². The van der Waals surface area contributed by atoms with Crippen LogP contribution in [0.2, 0.25) is 0 Å². The lowest BCUT2D eigenvalue weighted by molar-refractivity contribution is -0.105. The fourth-order valence-electron chi connectivity index (χ4n) is 3.55. The Bertz CT molecular complexity index is 897. The first-order valence-electron chi connectivity index (χ1n) is 12.8. The topological polar surface area (TPSA) is 71.1 Å². The number of rotatable bonds is 17. The minimum absolute atomic E-state index is 0.116. The minimum atomic E-state index is -0.130. The van der Waals surface area contributed by atoms with Crippen molar-refractivity contribution < 1.29 is 28.5 Å². The minimum Gasteiger partial charge on any atom is -0.497 e. The molecule has 200 valence electrons. The molecule has 0 amide bonds. The molecular formula is C30H44O6. The molecule has 0 N–H and O–H groups in total. The molecule has 1 aliphatic carbocycles. The first kappa shape index (κ1) is 29.8. The Balaban J connectivity index is 1.70. The average molecular weight is 501 g/mol. The van der Waals surface area contributed by atoms with Crippen LogP contribution < -0.4 is 4.74 Å². The molecule has 1 aliphatic rings. The summed E-state index contributed by atoms with van der Waals surface area (Å²) in [5.41, 5.74) is 1.08. The number of carbonyl (C=O) groups is 2. The number of aldehydes is 2. The Kier molecular flexibility index (Phi) is 11.4. The highest BCUT2D eigenvalue weighted by molar-refractivity contribution is 5.75. The van der Waals surface area contributed by atoms with Gasteiger partial charge in [-0.1, -0.05) is 47.6 Å². The number of allylic oxidation sites excluding steroid dienone is 4. The van der Waals surface area contributed by atoms with Crippen LogP contribution >= 0.6 is 0 Å². The molecular weight excluding hydrogens is 456 g/mol. The van der Waals surface area contributed by atoms with E-state index >= 15 is 0 Å². The lowest BCUT2D eigenvalue weighted by atomic mass is 9.89. The lowest BCUT2D eigenvalue weighted by Gasteiger charge is -2.32. The molecule has 2 rings (SSSR count). The molecule has 0 heterocycles. The van der Waals surface area contributed by atoms with Crippen molar-refractivity contribution >= 4 is 12.6 Å². The number of carbonyl (C=O) groups excluding carboxylic acids is 2. The number of ether oxygens (including phenoxy) is 4. The monoisotopic (exact) mass is 500 g/mol. The summed E-state index contributed by atoms with van der Waals surface area (Å²) in [6.07, 6.45) is 7.88. The Morgan fingerprint density at radius 1 is 0.722 bits per heavy atom. The molecule has 0 saturated carbocycles. The van der Waals surface area contributed by atoms with E-state index in [1.807, 2.05) is 24.3 Å². The van der Waals surface area contributed by atoms with Gasteiger partial charge in [-0.05, 0) is 48.8 Å². The van der Waals surface area contributed by atoms with E-state index in [1.165, 1.54) is 0 Å². The Morgan fingerprint density at radius 2 is 1.33 bits per heavy atom. The van der Waals surface area contributed by atoms with E-state index in [4.69, 9.17) is 18.9 Å². The fraction of sp³-hybridized carbons (Fsp3) is 0.600. The lowest BCUT2D eigenvalue weighted by Crippen LogP contribution is -2.34. The maximum atomic E-state index is 10.8. The third-order valence-corrected chi connectivity index (χ3v) is 6.33. The largest absolute Gasteiger partial charge is 0.497 e. The predicted molar refractivity (Wildman–Crippen MR) is 142 cm³/mol. The maximum absolute atomic E-state index is 10.8. The molecule has 0 aliphatic heterocycles. The molecule has 6 heteroatoms. The normalized spacial score (nSPS) is 15.9. The number of benzene rings is 1. The van der Waals surface area contributed by atoms with Crippen molar-refractivity contribution in [3.8, 4) is 5.75 Å². The predicted octanol–water partition coefficient (Wildman–Crippen LogP) is 6.20. The van der Waals surface area contributed by atoms with Gasteiger partial charge in [0.2, 0.25) is 0 Å². The number of hydrogen-bond acceptors (Lipinski definition) is 6. The Morgan fingerprint density at radius 3 is 1.86 bits per heavy atom. The molecule has 0 aromatic heterocycles. The van der Waals surface area contributed by atoms with Gasteiger partial charge in [0, 0.05) is 28.2 Å². The van der Waals surface area contributed by atoms with Crippen molar-refractivity contribution in [2.75, 3.05) is 39.6 Å². The molecule has 1 unspecified atom stereocenters. The zero-order valence-electron chi connectivity index (χ0n) is 22.9. The van der Waals surface area contributed by atoms with Crippen LogP contribution in [-0.2, 0) is 19.0 Å². The smallest absolute Gasteiger partial charge is 0.150 e. The second-order valence-corrected chi connectivity index (χ2v) is 11.7. The third-order valence-electron chi connectivity index (χ3n) is 6.33. The summed E-state index contributed by atoms with van der Waals surface area (Å²) in [7, 11) is 0. The van der Waals surface area contributed by atoms with E-state index in [-0.39, 0.29) is 16.2 Å². The molecule has 0 spiro atoms. The zero-order valence-corrected chi connectivity index (χ0v) is 22.9. The van der Waals surface area contributed by atoms with Crippen LogP contribution in [0.25, 0.3) is 0 Å². The van der Waals surface area contributed by atoms with Crippen LogP contribution in [-0.4, -0.2) is 52.2 Å². The molecule has 6 nitrogen and oxygen atoms in total.